The van der Waals surface area contributed by atoms with Crippen LogP contribution in [0.15, 0.2) is 35.0 Å². The van der Waals surface area contributed by atoms with Crippen LogP contribution in [0, 0.1) is 5.82 Å². The monoisotopic (exact) mass is 317 g/mol. The summed E-state index contributed by atoms with van der Waals surface area (Å²) >= 11 is 1.43. The molecule has 1 atom stereocenters. The lowest BCUT2D eigenvalue weighted by Crippen LogP contribution is -2.28. The predicted octanol–water partition coefficient (Wildman–Crippen LogP) is 4.40. The van der Waals surface area contributed by atoms with Crippen LogP contribution in [0.4, 0.5) is 17.6 Å². The van der Waals surface area contributed by atoms with Crippen LogP contribution in [0.1, 0.15) is 34.5 Å². The summed E-state index contributed by atoms with van der Waals surface area (Å²) in [4.78, 5) is 11.9. The molecule has 0 radical (unpaired) electrons. The van der Waals surface area contributed by atoms with Crippen LogP contribution in [-0.2, 0) is 6.18 Å². The van der Waals surface area contributed by atoms with Crippen molar-refractivity contribution in [3.8, 4) is 0 Å². The number of rotatable bonds is 3. The van der Waals surface area contributed by atoms with Gasteiger partial charge >= 0.3 is 6.18 Å². The molecule has 1 aromatic heterocycles. The van der Waals surface area contributed by atoms with E-state index in [9.17, 15) is 22.4 Å². The summed E-state index contributed by atoms with van der Waals surface area (Å²) in [6.45, 7) is 1.67. The number of halogens is 4. The first-order valence-electron chi connectivity index (χ1n) is 5.99. The second-order valence-electron chi connectivity index (χ2n) is 4.42. The average Bonchev–Trinajstić information content (AvgIpc) is 2.91. The molecule has 0 fully saturated rings. The Bertz CT molecular complexity index is 637. The maximum Gasteiger partial charge on any atom is 0.419 e. The van der Waals surface area contributed by atoms with Crippen molar-refractivity contribution >= 4 is 17.2 Å². The molecule has 1 amide bonds. The molecule has 21 heavy (non-hydrogen) atoms. The number of carbonyl (C=O) groups is 1. The van der Waals surface area contributed by atoms with E-state index in [1.54, 1.807) is 18.4 Å². The van der Waals surface area contributed by atoms with Crippen molar-refractivity contribution in [2.24, 2.45) is 0 Å². The molecule has 0 saturated heterocycles. The molecule has 0 aliphatic rings. The minimum Gasteiger partial charge on any atom is -0.345 e. The smallest absolute Gasteiger partial charge is 0.345 e. The van der Waals surface area contributed by atoms with Gasteiger partial charge in [-0.25, -0.2) is 4.39 Å². The third kappa shape index (κ3) is 3.41. The average molecular weight is 317 g/mol. The van der Waals surface area contributed by atoms with Gasteiger partial charge in [0.05, 0.1) is 17.2 Å². The summed E-state index contributed by atoms with van der Waals surface area (Å²) in [6, 6.07) is 4.00. The van der Waals surface area contributed by atoms with Crippen molar-refractivity contribution in [2.45, 2.75) is 19.1 Å². The van der Waals surface area contributed by atoms with Crippen LogP contribution in [0.5, 0.6) is 0 Å². The number of benzene rings is 1. The highest BCUT2D eigenvalue weighted by atomic mass is 32.1. The number of hydrogen-bond donors (Lipinski definition) is 1. The Morgan fingerprint density at radius 2 is 2.00 bits per heavy atom. The third-order valence-electron chi connectivity index (χ3n) is 2.94. The van der Waals surface area contributed by atoms with Crippen molar-refractivity contribution in [1.82, 2.24) is 5.32 Å². The maximum atomic E-state index is 13.8. The van der Waals surface area contributed by atoms with E-state index in [1.165, 1.54) is 11.3 Å². The molecule has 2 aromatic rings. The Kier molecular flexibility index (Phi) is 4.32. The zero-order chi connectivity index (χ0) is 15.6. The number of amides is 1. The molecular weight excluding hydrogens is 306 g/mol. The van der Waals surface area contributed by atoms with Crippen LogP contribution >= 0.6 is 11.3 Å². The summed E-state index contributed by atoms with van der Waals surface area (Å²) in [5.41, 5.74) is -1.26. The third-order valence-corrected chi connectivity index (χ3v) is 3.64. The van der Waals surface area contributed by atoms with Gasteiger partial charge in [0.1, 0.15) is 5.82 Å². The van der Waals surface area contributed by atoms with Gasteiger partial charge in [0.2, 0.25) is 0 Å². The van der Waals surface area contributed by atoms with Crippen molar-refractivity contribution in [2.75, 3.05) is 0 Å². The van der Waals surface area contributed by atoms with E-state index >= 15 is 0 Å². The molecule has 7 heteroatoms. The summed E-state index contributed by atoms with van der Waals surface area (Å²) in [7, 11) is 0. The number of hydrogen-bond acceptors (Lipinski definition) is 2. The van der Waals surface area contributed by atoms with Crippen molar-refractivity contribution in [3.63, 3.8) is 0 Å². The Morgan fingerprint density at radius 3 is 2.57 bits per heavy atom. The predicted molar refractivity (Wildman–Crippen MR) is 71.6 cm³/mol. The molecule has 1 unspecified atom stereocenters. The first-order chi connectivity index (χ1) is 9.80. The van der Waals surface area contributed by atoms with Crippen LogP contribution in [0.3, 0.4) is 0 Å². The molecule has 0 aliphatic heterocycles. The van der Waals surface area contributed by atoms with Crippen LogP contribution in [-0.4, -0.2) is 5.91 Å². The topological polar surface area (TPSA) is 29.1 Å². The number of thiophene rings is 1. The van der Waals surface area contributed by atoms with Gasteiger partial charge in [-0.05, 0) is 41.4 Å². The zero-order valence-corrected chi connectivity index (χ0v) is 11.7. The molecule has 0 aliphatic carbocycles. The fourth-order valence-corrected chi connectivity index (χ4v) is 2.56. The molecule has 1 aromatic carbocycles. The molecule has 112 valence electrons. The lowest BCUT2D eigenvalue weighted by Gasteiger charge is -2.15. The summed E-state index contributed by atoms with van der Waals surface area (Å²) in [6.07, 6.45) is -4.83. The van der Waals surface area contributed by atoms with Gasteiger partial charge in [0.25, 0.3) is 5.91 Å². The first-order valence-corrected chi connectivity index (χ1v) is 6.93. The highest BCUT2D eigenvalue weighted by Crippen LogP contribution is 2.32. The minimum atomic E-state index is -4.83. The maximum absolute atomic E-state index is 13.8. The quantitative estimate of drug-likeness (QED) is 0.836. The molecule has 0 spiro atoms. The van der Waals surface area contributed by atoms with Crippen molar-refractivity contribution in [1.29, 1.82) is 0 Å². The van der Waals surface area contributed by atoms with E-state index in [4.69, 9.17) is 0 Å². The molecule has 0 saturated carbocycles. The standard InChI is InChI=1S/C14H11F4NOS/c1-8(9-5-6-21-7-9)19-13(20)10-3-2-4-11(12(10)15)14(16,17)18/h2-8H,1H3,(H,19,20). The van der Waals surface area contributed by atoms with Crippen molar-refractivity contribution < 1.29 is 22.4 Å². The van der Waals surface area contributed by atoms with Gasteiger partial charge < -0.3 is 5.32 Å². The van der Waals surface area contributed by atoms with Crippen LogP contribution in [0.2, 0.25) is 0 Å². The number of nitrogens with one attached hydrogen (secondary N) is 1. The first kappa shape index (κ1) is 15.5. The summed E-state index contributed by atoms with van der Waals surface area (Å²) < 4.78 is 51.7. The normalized spacial score (nSPS) is 13.0. The van der Waals surface area contributed by atoms with Gasteiger partial charge in [0, 0.05) is 0 Å². The lowest BCUT2D eigenvalue weighted by molar-refractivity contribution is -0.140. The Hall–Kier alpha value is -1.89. The SMILES string of the molecule is CC(NC(=O)c1cccc(C(F)(F)F)c1F)c1ccsc1. The van der Waals surface area contributed by atoms with Gasteiger partial charge in [0.15, 0.2) is 0 Å². The Labute approximate surface area is 122 Å². The van der Waals surface area contributed by atoms with E-state index in [-0.39, 0.29) is 0 Å². The molecule has 1 heterocycles. The zero-order valence-electron chi connectivity index (χ0n) is 10.9. The fourth-order valence-electron chi connectivity index (χ4n) is 1.81. The van der Waals surface area contributed by atoms with Crippen molar-refractivity contribution in [3.05, 3.63) is 57.5 Å². The number of alkyl halides is 3. The summed E-state index contributed by atoms with van der Waals surface area (Å²) in [5, 5.41) is 6.09. The molecular formula is C14H11F4NOS. The molecule has 0 bridgehead atoms. The Morgan fingerprint density at radius 1 is 1.29 bits per heavy atom. The van der Waals surface area contributed by atoms with Crippen LogP contribution < -0.4 is 5.32 Å². The number of carbonyl (C=O) groups excluding carboxylic acids is 1. The van der Waals surface area contributed by atoms with Crippen LogP contribution in [0.25, 0.3) is 0 Å². The van der Waals surface area contributed by atoms with E-state index in [2.05, 4.69) is 5.32 Å². The van der Waals surface area contributed by atoms with Gasteiger partial charge in [-0.1, -0.05) is 6.07 Å². The molecule has 1 N–H and O–H groups in total. The van der Waals surface area contributed by atoms with E-state index < -0.39 is 35.1 Å². The summed E-state index contributed by atoms with van der Waals surface area (Å²) in [5.74, 6) is -2.43. The minimum absolute atomic E-state index is 0.419. The van der Waals surface area contributed by atoms with E-state index in [0.717, 1.165) is 17.7 Å². The van der Waals surface area contributed by atoms with Gasteiger partial charge in [-0.15, -0.1) is 0 Å². The van der Waals surface area contributed by atoms with Gasteiger partial charge in [-0.2, -0.15) is 24.5 Å². The van der Waals surface area contributed by atoms with Gasteiger partial charge in [-0.3, -0.25) is 4.79 Å². The molecule has 2 nitrogen and oxygen atoms in total. The Balaban J connectivity index is 2.24. The second-order valence-corrected chi connectivity index (χ2v) is 5.20. The highest BCUT2D eigenvalue weighted by molar-refractivity contribution is 7.07. The largest absolute Gasteiger partial charge is 0.419 e. The second kappa shape index (κ2) is 5.85. The molecule has 2 rings (SSSR count). The fraction of sp³-hybridized carbons (Fsp3) is 0.214. The van der Waals surface area contributed by atoms with E-state index in [1.807, 2.05) is 5.38 Å². The van der Waals surface area contributed by atoms with E-state index in [0.29, 0.717) is 6.07 Å². The highest BCUT2D eigenvalue weighted by Gasteiger charge is 2.35. The lowest BCUT2D eigenvalue weighted by atomic mass is 10.1.